The Morgan fingerprint density at radius 2 is 1.71 bits per heavy atom. The van der Waals surface area contributed by atoms with Gasteiger partial charge in [-0.1, -0.05) is 27.7 Å². The monoisotopic (exact) mass is 407 g/mol. The minimum Gasteiger partial charge on any atom is -0.508 e. The summed E-state index contributed by atoms with van der Waals surface area (Å²) >= 11 is 0. The molecule has 0 radical (unpaired) electrons. The topological polar surface area (TPSA) is 86.6 Å². The second-order valence-corrected chi connectivity index (χ2v) is 12.4. The Morgan fingerprint density at radius 3 is 2.36 bits per heavy atom. The Hall–Kier alpha value is -1.27. The van der Waals surface area contributed by atoms with Crippen molar-refractivity contribution in [2.45, 2.75) is 71.3 Å². The highest BCUT2D eigenvalue weighted by molar-refractivity contribution is 7.88. The predicted molar refractivity (Wildman–Crippen MR) is 110 cm³/mol. The molecule has 3 aliphatic rings. The number of hydrogen-bond acceptors (Lipinski definition) is 4. The van der Waals surface area contributed by atoms with Crippen molar-refractivity contribution in [3.63, 3.8) is 0 Å². The Kier molecular flexibility index (Phi) is 4.20. The van der Waals surface area contributed by atoms with E-state index in [1.165, 1.54) is 12.3 Å². The number of hydrogen-bond donors (Lipinski definition) is 3. The Balaban J connectivity index is 1.74. The molecule has 156 valence electrons. The molecule has 4 rings (SSSR count). The van der Waals surface area contributed by atoms with Gasteiger partial charge < -0.3 is 10.2 Å². The minimum atomic E-state index is -3.25. The van der Waals surface area contributed by atoms with Crippen molar-refractivity contribution in [3.05, 3.63) is 23.3 Å². The van der Waals surface area contributed by atoms with Crippen LogP contribution in [-0.4, -0.2) is 30.9 Å². The third-order valence-electron chi connectivity index (χ3n) is 8.62. The van der Waals surface area contributed by atoms with Gasteiger partial charge in [-0.15, -0.1) is 0 Å². The maximum Gasteiger partial charge on any atom is 0.208 e. The molecular weight excluding hydrogens is 374 g/mol. The van der Waals surface area contributed by atoms with Gasteiger partial charge in [0.1, 0.15) is 11.5 Å². The molecule has 3 N–H and O–H groups in total. The van der Waals surface area contributed by atoms with Gasteiger partial charge in [0, 0.05) is 23.1 Å². The third kappa shape index (κ3) is 2.71. The number of benzene rings is 1. The zero-order valence-corrected chi connectivity index (χ0v) is 18.4. The fourth-order valence-corrected chi connectivity index (χ4v) is 8.43. The zero-order chi connectivity index (χ0) is 20.7. The van der Waals surface area contributed by atoms with E-state index in [-0.39, 0.29) is 33.8 Å². The lowest BCUT2D eigenvalue weighted by Gasteiger charge is -2.63. The molecular formula is C22H33NO4S. The van der Waals surface area contributed by atoms with E-state index in [0.29, 0.717) is 11.8 Å². The largest absolute Gasteiger partial charge is 0.508 e. The Bertz CT molecular complexity index is 925. The average molecular weight is 408 g/mol. The summed E-state index contributed by atoms with van der Waals surface area (Å²) in [4.78, 5) is 0. The summed E-state index contributed by atoms with van der Waals surface area (Å²) in [5, 5.41) is 20.6. The smallest absolute Gasteiger partial charge is 0.208 e. The van der Waals surface area contributed by atoms with Gasteiger partial charge in [0.05, 0.1) is 6.26 Å². The molecule has 0 amide bonds. The lowest BCUT2D eigenvalue weighted by Crippen LogP contribution is -2.61. The van der Waals surface area contributed by atoms with Crippen LogP contribution in [0, 0.1) is 22.7 Å². The van der Waals surface area contributed by atoms with E-state index in [4.69, 9.17) is 0 Å². The van der Waals surface area contributed by atoms with E-state index in [1.54, 1.807) is 0 Å². The van der Waals surface area contributed by atoms with Gasteiger partial charge in [-0.2, -0.15) is 0 Å². The average Bonchev–Trinajstić information content (AvgIpc) is 2.83. The summed E-state index contributed by atoms with van der Waals surface area (Å²) in [5.74, 6) is 1.12. The van der Waals surface area contributed by atoms with Gasteiger partial charge in [0.2, 0.25) is 10.0 Å². The number of fused-ring (bicyclic) bond motifs is 5. The lowest BCUT2D eigenvalue weighted by atomic mass is 9.43. The van der Waals surface area contributed by atoms with Crippen LogP contribution < -0.4 is 4.72 Å². The van der Waals surface area contributed by atoms with Crippen molar-refractivity contribution < 1.29 is 18.6 Å². The van der Waals surface area contributed by atoms with Crippen LogP contribution in [0.3, 0.4) is 0 Å². The molecule has 1 aromatic rings. The Morgan fingerprint density at radius 1 is 1.04 bits per heavy atom. The molecule has 1 aromatic carbocycles. The van der Waals surface area contributed by atoms with E-state index in [9.17, 15) is 18.6 Å². The first-order chi connectivity index (χ1) is 12.8. The van der Waals surface area contributed by atoms with E-state index in [1.807, 2.05) is 6.07 Å². The molecule has 0 bridgehead atoms. The summed E-state index contributed by atoms with van der Waals surface area (Å²) in [6, 6.07) is 3.24. The summed E-state index contributed by atoms with van der Waals surface area (Å²) in [6.45, 7) is 9.08. The standard InChI is InChI=1S/C22H33NO4S/c1-20(2)16-6-8-22(4)17(11-13-10-14(24)12-15(25)19(13)22)21(16,3)9-7-18(20)23-28(5,26)27/h10,12,16-18,23-25H,6-9,11H2,1-5H3. The zero-order valence-electron chi connectivity index (χ0n) is 17.5. The molecule has 2 fully saturated rings. The van der Waals surface area contributed by atoms with Gasteiger partial charge in [0.25, 0.3) is 0 Å². The number of nitrogens with one attached hydrogen (secondary N) is 1. The first kappa shape index (κ1) is 20.0. The number of aromatic hydroxyl groups is 2. The molecule has 5 unspecified atom stereocenters. The predicted octanol–water partition coefficient (Wildman–Crippen LogP) is 3.68. The molecule has 5 atom stereocenters. The number of rotatable bonds is 2. The van der Waals surface area contributed by atoms with Gasteiger partial charge in [0.15, 0.2) is 0 Å². The quantitative estimate of drug-likeness (QED) is 0.698. The molecule has 5 nitrogen and oxygen atoms in total. The van der Waals surface area contributed by atoms with Crippen LogP contribution in [0.5, 0.6) is 11.5 Å². The number of phenols is 2. The van der Waals surface area contributed by atoms with Crippen LogP contribution >= 0.6 is 0 Å². The van der Waals surface area contributed by atoms with Crippen molar-refractivity contribution >= 4 is 10.0 Å². The lowest BCUT2D eigenvalue weighted by molar-refractivity contribution is -0.109. The molecule has 3 aliphatic carbocycles. The van der Waals surface area contributed by atoms with E-state index < -0.39 is 10.0 Å². The van der Waals surface area contributed by atoms with Crippen LogP contribution in [0.1, 0.15) is 64.5 Å². The summed E-state index contributed by atoms with van der Waals surface area (Å²) < 4.78 is 26.7. The van der Waals surface area contributed by atoms with Crippen molar-refractivity contribution in [2.75, 3.05) is 6.26 Å². The molecule has 28 heavy (non-hydrogen) atoms. The molecule has 2 saturated carbocycles. The molecule has 0 aliphatic heterocycles. The molecule has 0 heterocycles. The number of sulfonamides is 1. The fraction of sp³-hybridized carbons (Fsp3) is 0.727. The Labute approximate surface area is 168 Å². The molecule has 0 spiro atoms. The van der Waals surface area contributed by atoms with Gasteiger partial charge in [-0.25, -0.2) is 13.1 Å². The van der Waals surface area contributed by atoms with Crippen molar-refractivity contribution in [1.29, 1.82) is 0 Å². The summed E-state index contributed by atoms with van der Waals surface area (Å²) in [7, 11) is -3.25. The number of phenolic OH excluding ortho intramolecular Hbond substituents is 2. The molecule has 6 heteroatoms. The molecule has 0 saturated heterocycles. The fourth-order valence-electron chi connectivity index (χ4n) is 7.50. The minimum absolute atomic E-state index is 0.0499. The highest BCUT2D eigenvalue weighted by Gasteiger charge is 2.63. The maximum atomic E-state index is 11.9. The van der Waals surface area contributed by atoms with Crippen LogP contribution in [0.4, 0.5) is 0 Å². The van der Waals surface area contributed by atoms with E-state index >= 15 is 0 Å². The summed E-state index contributed by atoms with van der Waals surface area (Å²) in [6.07, 6.45) is 5.89. The van der Waals surface area contributed by atoms with Crippen LogP contribution in [0.15, 0.2) is 12.1 Å². The van der Waals surface area contributed by atoms with Crippen molar-refractivity contribution in [1.82, 2.24) is 4.72 Å². The van der Waals surface area contributed by atoms with Gasteiger partial charge in [-0.3, -0.25) is 0 Å². The summed E-state index contributed by atoms with van der Waals surface area (Å²) in [5.41, 5.74) is 1.90. The van der Waals surface area contributed by atoms with E-state index in [2.05, 4.69) is 32.4 Å². The highest BCUT2D eigenvalue weighted by Crippen LogP contribution is 2.68. The van der Waals surface area contributed by atoms with Crippen LogP contribution in [-0.2, 0) is 21.9 Å². The molecule has 0 aromatic heterocycles. The van der Waals surface area contributed by atoms with Gasteiger partial charge in [-0.05, 0) is 66.4 Å². The SMILES string of the molecule is CC12CCC3C(C)(C)C(NS(C)(=O)=O)CCC3(C)C1Cc1cc(O)cc(O)c12. The third-order valence-corrected chi connectivity index (χ3v) is 9.33. The highest BCUT2D eigenvalue weighted by atomic mass is 32.2. The van der Waals surface area contributed by atoms with Gasteiger partial charge >= 0.3 is 0 Å². The van der Waals surface area contributed by atoms with E-state index in [0.717, 1.165) is 43.2 Å². The first-order valence-electron chi connectivity index (χ1n) is 10.3. The maximum absolute atomic E-state index is 11.9. The second-order valence-electron chi connectivity index (χ2n) is 10.6. The van der Waals surface area contributed by atoms with Crippen LogP contribution in [0.2, 0.25) is 0 Å². The van der Waals surface area contributed by atoms with Crippen LogP contribution in [0.25, 0.3) is 0 Å². The van der Waals surface area contributed by atoms with Crippen molar-refractivity contribution in [2.24, 2.45) is 22.7 Å². The first-order valence-corrected chi connectivity index (χ1v) is 12.2. The normalized spacial score (nSPS) is 39.1. The second kappa shape index (κ2) is 5.88. The van der Waals surface area contributed by atoms with Crippen molar-refractivity contribution in [3.8, 4) is 11.5 Å².